The van der Waals surface area contributed by atoms with Gasteiger partial charge in [0, 0.05) is 12.9 Å². The molecule has 13 heavy (non-hydrogen) atoms. The lowest BCUT2D eigenvalue weighted by atomic mass is 10.3. The van der Waals surface area contributed by atoms with Crippen LogP contribution in [0.25, 0.3) is 0 Å². The lowest BCUT2D eigenvalue weighted by molar-refractivity contribution is 0.218. The van der Waals surface area contributed by atoms with Crippen LogP contribution in [0, 0.1) is 0 Å². The van der Waals surface area contributed by atoms with Crippen LogP contribution in [-0.2, 0) is 4.74 Å². The number of hydrogen-bond acceptors (Lipinski definition) is 4. The zero-order valence-corrected chi connectivity index (χ0v) is 8.17. The Morgan fingerprint density at radius 2 is 2.15 bits per heavy atom. The van der Waals surface area contributed by atoms with E-state index in [-0.39, 0.29) is 11.5 Å². The van der Waals surface area contributed by atoms with Crippen LogP contribution in [-0.4, -0.2) is 29.7 Å². The quantitative estimate of drug-likeness (QED) is 0.442. The minimum atomic E-state index is -0.0811. The van der Waals surface area contributed by atoms with Crippen molar-refractivity contribution in [2.75, 3.05) is 19.5 Å². The monoisotopic (exact) mass is 200 g/mol. The molecule has 1 aromatic carbocycles. The first kappa shape index (κ1) is 10.2. The van der Waals surface area contributed by atoms with Gasteiger partial charge in [-0.2, -0.15) is 0 Å². The summed E-state index contributed by atoms with van der Waals surface area (Å²) in [5.74, 6) is 0.624. The molecule has 0 aliphatic rings. The number of phenolic OH excluding ortho intramolecular Hbond substituents is 2. The van der Waals surface area contributed by atoms with E-state index in [1.807, 2.05) is 0 Å². The number of hydrogen-bond donors (Lipinski definition) is 2. The van der Waals surface area contributed by atoms with Gasteiger partial charge in [-0.15, -0.1) is 11.8 Å². The summed E-state index contributed by atoms with van der Waals surface area (Å²) in [5, 5.41) is 18.5. The smallest absolute Gasteiger partial charge is 0.171 e. The van der Waals surface area contributed by atoms with Gasteiger partial charge in [0.15, 0.2) is 11.5 Å². The molecule has 3 nitrogen and oxygen atoms in total. The summed E-state index contributed by atoms with van der Waals surface area (Å²) in [6.07, 6.45) is 0. The van der Waals surface area contributed by atoms with Crippen LogP contribution in [0.4, 0.5) is 0 Å². The summed E-state index contributed by atoms with van der Waals surface area (Å²) in [6.45, 7) is 0.625. The average molecular weight is 200 g/mol. The number of para-hydroxylation sites is 1. The van der Waals surface area contributed by atoms with Crippen molar-refractivity contribution in [1.29, 1.82) is 0 Å². The highest BCUT2D eigenvalue weighted by molar-refractivity contribution is 7.99. The highest BCUT2D eigenvalue weighted by Gasteiger charge is 2.04. The Morgan fingerprint density at radius 1 is 1.38 bits per heavy atom. The van der Waals surface area contributed by atoms with Crippen molar-refractivity contribution in [3.05, 3.63) is 18.2 Å². The van der Waals surface area contributed by atoms with Crippen molar-refractivity contribution < 1.29 is 14.9 Å². The summed E-state index contributed by atoms with van der Waals surface area (Å²) in [5.41, 5.74) is 0. The first-order chi connectivity index (χ1) is 6.25. The maximum atomic E-state index is 9.39. The first-order valence-electron chi connectivity index (χ1n) is 3.88. The fraction of sp³-hybridized carbons (Fsp3) is 0.333. The molecule has 0 aliphatic carbocycles. The van der Waals surface area contributed by atoms with Gasteiger partial charge in [0.2, 0.25) is 0 Å². The van der Waals surface area contributed by atoms with E-state index in [0.29, 0.717) is 11.5 Å². The summed E-state index contributed by atoms with van der Waals surface area (Å²) in [4.78, 5) is 0.678. The predicted octanol–water partition coefficient (Wildman–Crippen LogP) is 1.84. The molecule has 0 unspecified atom stereocenters. The summed E-state index contributed by atoms with van der Waals surface area (Å²) >= 11 is 1.45. The number of ether oxygens (including phenoxy) is 1. The second-order valence-electron chi connectivity index (χ2n) is 2.47. The molecular formula is C9H12O3S. The van der Waals surface area contributed by atoms with Crippen molar-refractivity contribution in [2.45, 2.75) is 4.90 Å². The van der Waals surface area contributed by atoms with Crippen molar-refractivity contribution >= 4 is 11.8 Å². The fourth-order valence-electron chi connectivity index (χ4n) is 0.862. The molecule has 0 amide bonds. The zero-order chi connectivity index (χ0) is 9.68. The molecule has 2 N–H and O–H groups in total. The van der Waals surface area contributed by atoms with Gasteiger partial charge in [0.1, 0.15) is 0 Å². The van der Waals surface area contributed by atoms with Gasteiger partial charge in [-0.1, -0.05) is 6.07 Å². The van der Waals surface area contributed by atoms with Crippen molar-refractivity contribution in [3.8, 4) is 11.5 Å². The molecule has 0 saturated heterocycles. The van der Waals surface area contributed by atoms with Crippen LogP contribution in [0.5, 0.6) is 11.5 Å². The summed E-state index contributed by atoms with van der Waals surface area (Å²) in [6, 6.07) is 4.91. The van der Waals surface area contributed by atoms with Crippen LogP contribution in [0.2, 0.25) is 0 Å². The molecule has 1 rings (SSSR count). The van der Waals surface area contributed by atoms with E-state index in [4.69, 9.17) is 9.84 Å². The van der Waals surface area contributed by atoms with Gasteiger partial charge in [-0.25, -0.2) is 0 Å². The lowest BCUT2D eigenvalue weighted by Crippen LogP contribution is -1.90. The molecule has 72 valence electrons. The van der Waals surface area contributed by atoms with Gasteiger partial charge in [0.25, 0.3) is 0 Å². The van der Waals surface area contributed by atoms with Crippen molar-refractivity contribution in [3.63, 3.8) is 0 Å². The van der Waals surface area contributed by atoms with Gasteiger partial charge in [-0.3, -0.25) is 0 Å². The van der Waals surface area contributed by atoms with Crippen molar-refractivity contribution in [2.24, 2.45) is 0 Å². The van der Waals surface area contributed by atoms with Crippen LogP contribution in [0.1, 0.15) is 0 Å². The Labute approximate surface area is 81.4 Å². The van der Waals surface area contributed by atoms with Gasteiger partial charge in [-0.05, 0) is 12.1 Å². The third kappa shape index (κ3) is 2.82. The van der Waals surface area contributed by atoms with E-state index >= 15 is 0 Å². The third-order valence-electron chi connectivity index (χ3n) is 1.52. The minimum absolute atomic E-state index is 0.0522. The number of rotatable bonds is 4. The van der Waals surface area contributed by atoms with E-state index < -0.39 is 0 Å². The lowest BCUT2D eigenvalue weighted by Gasteiger charge is -2.04. The average Bonchev–Trinajstić information content (AvgIpc) is 2.13. The molecule has 0 aromatic heterocycles. The van der Waals surface area contributed by atoms with Crippen LogP contribution < -0.4 is 0 Å². The largest absolute Gasteiger partial charge is 0.504 e. The zero-order valence-electron chi connectivity index (χ0n) is 7.36. The Balaban J connectivity index is 2.61. The highest BCUT2D eigenvalue weighted by atomic mass is 32.2. The molecule has 4 heteroatoms. The molecule has 0 saturated carbocycles. The highest BCUT2D eigenvalue weighted by Crippen LogP contribution is 2.35. The molecule has 0 heterocycles. The van der Waals surface area contributed by atoms with E-state index in [0.717, 1.165) is 5.75 Å². The Morgan fingerprint density at radius 3 is 2.85 bits per heavy atom. The number of phenols is 2. The second-order valence-corrected chi connectivity index (χ2v) is 3.60. The van der Waals surface area contributed by atoms with Crippen LogP contribution in [0.15, 0.2) is 23.1 Å². The first-order valence-corrected chi connectivity index (χ1v) is 4.87. The second kappa shape index (κ2) is 4.99. The van der Waals surface area contributed by atoms with Crippen LogP contribution in [0.3, 0.4) is 0 Å². The van der Waals surface area contributed by atoms with E-state index in [1.54, 1.807) is 19.2 Å². The van der Waals surface area contributed by atoms with Gasteiger partial charge < -0.3 is 14.9 Å². The fourth-order valence-corrected chi connectivity index (χ4v) is 1.75. The van der Waals surface area contributed by atoms with E-state index in [2.05, 4.69) is 0 Å². The number of benzene rings is 1. The molecular weight excluding hydrogens is 188 g/mol. The van der Waals surface area contributed by atoms with Crippen LogP contribution >= 0.6 is 11.8 Å². The Bertz CT molecular complexity index is 276. The minimum Gasteiger partial charge on any atom is -0.504 e. The summed E-state index contributed by atoms with van der Waals surface area (Å²) < 4.78 is 4.87. The Hall–Kier alpha value is -0.870. The number of methoxy groups -OCH3 is 1. The maximum Gasteiger partial charge on any atom is 0.171 e. The SMILES string of the molecule is COCCSc1cccc(O)c1O. The van der Waals surface area contributed by atoms with E-state index in [1.165, 1.54) is 17.8 Å². The topological polar surface area (TPSA) is 49.7 Å². The molecule has 1 aromatic rings. The normalized spacial score (nSPS) is 10.2. The van der Waals surface area contributed by atoms with E-state index in [9.17, 15) is 5.11 Å². The molecule has 0 bridgehead atoms. The maximum absolute atomic E-state index is 9.39. The molecule has 0 fully saturated rings. The standard InChI is InChI=1S/C9H12O3S/c1-12-5-6-13-8-4-2-3-7(10)9(8)11/h2-4,10-11H,5-6H2,1H3. The molecule has 0 spiro atoms. The molecule has 0 atom stereocenters. The predicted molar refractivity (Wildman–Crippen MR) is 52.4 cm³/mol. The van der Waals surface area contributed by atoms with Crippen molar-refractivity contribution in [1.82, 2.24) is 0 Å². The third-order valence-corrected chi connectivity index (χ3v) is 2.53. The molecule has 0 radical (unpaired) electrons. The van der Waals surface area contributed by atoms with Gasteiger partial charge >= 0.3 is 0 Å². The summed E-state index contributed by atoms with van der Waals surface area (Å²) in [7, 11) is 1.63. The van der Waals surface area contributed by atoms with Gasteiger partial charge in [0.05, 0.1) is 11.5 Å². The number of aromatic hydroxyl groups is 2. The Kier molecular flexibility index (Phi) is 3.92. The molecule has 0 aliphatic heterocycles. The number of thioether (sulfide) groups is 1.